The van der Waals surface area contributed by atoms with Gasteiger partial charge in [0.1, 0.15) is 0 Å². The number of fused-ring (bicyclic) bond motifs is 1. The average molecular weight is 438 g/mol. The highest BCUT2D eigenvalue weighted by Crippen LogP contribution is 2.36. The fourth-order valence-corrected chi connectivity index (χ4v) is 4.00. The van der Waals surface area contributed by atoms with Crippen molar-refractivity contribution < 1.29 is 10.2 Å². The zero-order valence-corrected chi connectivity index (χ0v) is 17.6. The summed E-state index contributed by atoms with van der Waals surface area (Å²) in [5.41, 5.74) is 10.5. The van der Waals surface area contributed by atoms with E-state index in [4.69, 9.17) is 10.7 Å². The molecule has 160 valence electrons. The van der Waals surface area contributed by atoms with E-state index in [1.54, 1.807) is 16.9 Å². The summed E-state index contributed by atoms with van der Waals surface area (Å²) in [5.74, 6) is 0.928. The number of hydrogen-bond donors (Lipinski definition) is 3. The molecule has 0 radical (unpaired) electrons. The van der Waals surface area contributed by atoms with Gasteiger partial charge in [-0.25, -0.2) is 9.67 Å². The van der Waals surface area contributed by atoms with Gasteiger partial charge >= 0.3 is 0 Å². The van der Waals surface area contributed by atoms with Gasteiger partial charge in [0.25, 0.3) is 0 Å². The molecule has 1 aliphatic rings. The molecule has 8 heteroatoms. The molecule has 7 nitrogen and oxygen atoms in total. The summed E-state index contributed by atoms with van der Waals surface area (Å²) in [6, 6.07) is 17.3. The van der Waals surface area contributed by atoms with Crippen LogP contribution in [0.5, 0.6) is 0 Å². The van der Waals surface area contributed by atoms with Crippen LogP contribution in [0.15, 0.2) is 60.8 Å². The van der Waals surface area contributed by atoms with Gasteiger partial charge in [-0.2, -0.15) is 5.10 Å². The smallest absolute Gasteiger partial charge is 0.154 e. The van der Waals surface area contributed by atoms with Gasteiger partial charge in [0.2, 0.25) is 0 Å². The Hall–Kier alpha value is -2.84. The number of halogens is 1. The first-order chi connectivity index (χ1) is 14.6. The molecule has 1 saturated carbocycles. The molecule has 4 aromatic rings. The van der Waals surface area contributed by atoms with Crippen LogP contribution < -0.4 is 5.73 Å². The molecule has 0 aliphatic heterocycles. The lowest BCUT2D eigenvalue weighted by Gasteiger charge is -2.35. The monoisotopic (exact) mass is 437 g/mol. The maximum atomic E-state index is 9.58. The molecule has 0 spiro atoms. The summed E-state index contributed by atoms with van der Waals surface area (Å²) in [4.78, 5) is 9.27. The van der Waals surface area contributed by atoms with E-state index in [1.165, 1.54) is 0 Å². The second-order valence-corrected chi connectivity index (χ2v) is 7.83. The highest BCUT2D eigenvalue weighted by atomic mass is 35.5. The predicted molar refractivity (Wildman–Crippen MR) is 121 cm³/mol. The predicted octanol–water partition coefficient (Wildman–Crippen LogP) is 3.17. The Balaban J connectivity index is 0.00000231. The van der Waals surface area contributed by atoms with Crippen LogP contribution in [0.3, 0.4) is 0 Å². The molecular formula is C23H24ClN5O2. The maximum absolute atomic E-state index is 9.58. The first-order valence-corrected chi connectivity index (χ1v) is 10.1. The Labute approximate surface area is 186 Å². The topological polar surface area (TPSA) is 110 Å². The first-order valence-electron chi connectivity index (χ1n) is 10.1. The third-order valence-corrected chi connectivity index (χ3v) is 5.81. The Kier molecular flexibility index (Phi) is 6.02. The SMILES string of the molecule is Cl.N[C@@H](c1cccc(-c2ccc3cnn(-c4cccc(CO)n4)c3c2)n1)[C@H]1C[C@@H](O)C1. The zero-order chi connectivity index (χ0) is 20.7. The number of nitrogens with two attached hydrogens (primary N) is 1. The van der Waals surface area contributed by atoms with Crippen molar-refractivity contribution in [3.63, 3.8) is 0 Å². The molecule has 4 N–H and O–H groups in total. The van der Waals surface area contributed by atoms with Crippen molar-refractivity contribution in [3.8, 4) is 17.1 Å². The van der Waals surface area contributed by atoms with Crippen molar-refractivity contribution in [3.05, 3.63) is 72.2 Å². The summed E-state index contributed by atoms with van der Waals surface area (Å²) in [7, 11) is 0. The number of benzene rings is 1. The Morgan fingerprint density at radius 3 is 2.65 bits per heavy atom. The molecule has 5 rings (SSSR count). The molecular weight excluding hydrogens is 414 g/mol. The minimum Gasteiger partial charge on any atom is -0.393 e. The number of aliphatic hydroxyl groups excluding tert-OH is 2. The minimum atomic E-state index is -0.232. The van der Waals surface area contributed by atoms with Crippen LogP contribution >= 0.6 is 12.4 Å². The van der Waals surface area contributed by atoms with Crippen molar-refractivity contribution in [2.45, 2.75) is 31.6 Å². The van der Waals surface area contributed by atoms with E-state index in [-0.39, 0.29) is 37.1 Å². The molecule has 0 bridgehead atoms. The molecule has 1 aliphatic carbocycles. The summed E-state index contributed by atoms with van der Waals surface area (Å²) in [5, 5.41) is 24.4. The molecule has 1 fully saturated rings. The Morgan fingerprint density at radius 1 is 1.06 bits per heavy atom. The van der Waals surface area contributed by atoms with Gasteiger partial charge in [-0.05, 0) is 49.1 Å². The van der Waals surface area contributed by atoms with E-state index in [2.05, 4.69) is 10.1 Å². The molecule has 0 unspecified atom stereocenters. The van der Waals surface area contributed by atoms with E-state index in [0.717, 1.165) is 40.7 Å². The van der Waals surface area contributed by atoms with Gasteiger partial charge in [0.05, 0.1) is 47.5 Å². The van der Waals surface area contributed by atoms with Crippen LogP contribution in [0.4, 0.5) is 0 Å². The van der Waals surface area contributed by atoms with Crippen LogP contribution in [0.2, 0.25) is 0 Å². The summed E-state index contributed by atoms with van der Waals surface area (Å²) >= 11 is 0. The van der Waals surface area contributed by atoms with Gasteiger partial charge in [-0.1, -0.05) is 24.3 Å². The third-order valence-electron chi connectivity index (χ3n) is 5.81. The van der Waals surface area contributed by atoms with Crippen molar-refractivity contribution in [2.75, 3.05) is 0 Å². The summed E-state index contributed by atoms with van der Waals surface area (Å²) < 4.78 is 1.77. The van der Waals surface area contributed by atoms with Gasteiger partial charge in [0.15, 0.2) is 5.82 Å². The second kappa shape index (κ2) is 8.72. The van der Waals surface area contributed by atoms with E-state index in [0.29, 0.717) is 11.5 Å². The fourth-order valence-electron chi connectivity index (χ4n) is 4.00. The lowest BCUT2D eigenvalue weighted by Crippen LogP contribution is -2.36. The van der Waals surface area contributed by atoms with Crippen molar-refractivity contribution in [1.82, 2.24) is 19.7 Å². The first kappa shape index (κ1) is 21.4. The van der Waals surface area contributed by atoms with E-state index in [9.17, 15) is 10.2 Å². The maximum Gasteiger partial charge on any atom is 0.154 e. The van der Waals surface area contributed by atoms with Gasteiger partial charge in [-0.3, -0.25) is 4.98 Å². The largest absolute Gasteiger partial charge is 0.393 e. The Morgan fingerprint density at radius 2 is 1.87 bits per heavy atom. The van der Waals surface area contributed by atoms with Crippen LogP contribution in [-0.2, 0) is 6.61 Å². The third kappa shape index (κ3) is 4.05. The van der Waals surface area contributed by atoms with E-state index in [1.807, 2.05) is 48.5 Å². The lowest BCUT2D eigenvalue weighted by atomic mass is 9.76. The molecule has 31 heavy (non-hydrogen) atoms. The van der Waals surface area contributed by atoms with Crippen LogP contribution in [0.1, 0.15) is 30.3 Å². The van der Waals surface area contributed by atoms with Crippen molar-refractivity contribution >= 4 is 23.3 Å². The highest BCUT2D eigenvalue weighted by Gasteiger charge is 2.33. The van der Waals surface area contributed by atoms with Gasteiger partial charge < -0.3 is 15.9 Å². The molecule has 1 atom stereocenters. The average Bonchev–Trinajstić information content (AvgIpc) is 3.20. The molecule has 0 saturated heterocycles. The number of nitrogens with zero attached hydrogens (tertiary/aromatic N) is 4. The van der Waals surface area contributed by atoms with Crippen LogP contribution in [0.25, 0.3) is 28.0 Å². The standard InChI is InChI=1S/C23H23N5O2.ClH/c24-23(16-9-18(30)10-16)20-5-2-4-19(27-20)14-7-8-15-12-25-28(21(15)11-14)22-6-1-3-17(13-29)26-22;/h1-8,11-12,16,18,23,29-30H,9-10,13,24H2;1H/t16-,18+,23-;/m1./s1. The molecule has 3 aromatic heterocycles. The minimum absolute atomic E-state index is 0. The molecule has 3 heterocycles. The van der Waals surface area contributed by atoms with Gasteiger partial charge in [-0.15, -0.1) is 12.4 Å². The lowest BCUT2D eigenvalue weighted by molar-refractivity contribution is 0.0302. The number of hydrogen-bond acceptors (Lipinski definition) is 6. The second-order valence-electron chi connectivity index (χ2n) is 7.83. The molecule has 0 amide bonds. The highest BCUT2D eigenvalue weighted by molar-refractivity contribution is 5.85. The number of aliphatic hydroxyl groups is 2. The van der Waals surface area contributed by atoms with E-state index < -0.39 is 0 Å². The van der Waals surface area contributed by atoms with E-state index >= 15 is 0 Å². The normalized spacial score (nSPS) is 18.9. The van der Waals surface area contributed by atoms with Crippen molar-refractivity contribution in [1.29, 1.82) is 0 Å². The molecule has 1 aromatic carbocycles. The summed E-state index contributed by atoms with van der Waals surface area (Å²) in [6.07, 6.45) is 3.04. The van der Waals surface area contributed by atoms with Crippen molar-refractivity contribution in [2.24, 2.45) is 11.7 Å². The number of pyridine rings is 2. The van der Waals surface area contributed by atoms with Crippen LogP contribution in [-0.4, -0.2) is 36.1 Å². The Bertz CT molecular complexity index is 1210. The number of rotatable bonds is 5. The zero-order valence-electron chi connectivity index (χ0n) is 16.8. The summed E-state index contributed by atoms with van der Waals surface area (Å²) in [6.45, 7) is -0.118. The van der Waals surface area contributed by atoms with Gasteiger partial charge in [0, 0.05) is 10.9 Å². The number of aromatic nitrogens is 4. The quantitative estimate of drug-likeness (QED) is 0.442. The van der Waals surface area contributed by atoms with Crippen LogP contribution in [0, 0.1) is 5.92 Å². The fraction of sp³-hybridized carbons (Fsp3) is 0.261.